The highest BCUT2D eigenvalue weighted by Gasteiger charge is 2.17. The second-order valence-corrected chi connectivity index (χ2v) is 3.80. The maximum absolute atomic E-state index is 9.01. The van der Waals surface area contributed by atoms with Crippen molar-refractivity contribution >= 4 is 11.6 Å². The number of benzene rings is 1. The van der Waals surface area contributed by atoms with Gasteiger partial charge in [-0.3, -0.25) is 0 Å². The quantitative estimate of drug-likeness (QED) is 0.865. The lowest BCUT2D eigenvalue weighted by Crippen LogP contribution is -2.02. The van der Waals surface area contributed by atoms with E-state index in [4.69, 9.17) is 26.2 Å². The van der Waals surface area contributed by atoms with Gasteiger partial charge in [0.05, 0.1) is 19.2 Å². The summed E-state index contributed by atoms with van der Waals surface area (Å²) < 4.78 is 10.6. The van der Waals surface area contributed by atoms with Crippen molar-refractivity contribution in [2.45, 2.75) is 19.8 Å². The first-order valence-corrected chi connectivity index (χ1v) is 5.60. The number of hydrogen-bond donors (Lipinski definition) is 1. The van der Waals surface area contributed by atoms with Gasteiger partial charge in [-0.05, 0) is 24.5 Å². The molecular weight excluding hydrogens is 228 g/mol. The van der Waals surface area contributed by atoms with Gasteiger partial charge in [-0.25, -0.2) is 0 Å². The lowest BCUT2D eigenvalue weighted by Gasteiger charge is -2.17. The molecule has 1 aromatic rings. The summed E-state index contributed by atoms with van der Waals surface area (Å²) in [5.41, 5.74) is 2.05. The molecule has 3 nitrogen and oxygen atoms in total. The molecule has 0 aliphatic carbocycles. The number of halogens is 1. The fourth-order valence-corrected chi connectivity index (χ4v) is 2.13. The molecule has 0 aromatic heterocycles. The van der Waals surface area contributed by atoms with Crippen LogP contribution in [0.15, 0.2) is 6.07 Å². The number of methoxy groups -OCH3 is 2. The van der Waals surface area contributed by atoms with Gasteiger partial charge in [0.2, 0.25) is 0 Å². The molecule has 0 amide bonds. The maximum Gasteiger partial charge on any atom is 0.179 e. The molecule has 0 radical (unpaired) electrons. The number of aliphatic hydroxyl groups is 1. The number of ether oxygens (including phenoxy) is 2. The van der Waals surface area contributed by atoms with Crippen molar-refractivity contribution in [1.82, 2.24) is 0 Å². The Morgan fingerprint density at radius 2 is 1.88 bits per heavy atom. The molecule has 0 spiro atoms. The number of rotatable bonds is 5. The van der Waals surface area contributed by atoms with E-state index in [1.165, 1.54) is 0 Å². The SMILES string of the molecule is CCc1c(CCO)cc(Cl)c(OC)c1OC. The molecule has 0 fully saturated rings. The Morgan fingerprint density at radius 1 is 1.25 bits per heavy atom. The smallest absolute Gasteiger partial charge is 0.179 e. The molecule has 0 saturated heterocycles. The summed E-state index contributed by atoms with van der Waals surface area (Å²) >= 11 is 6.09. The van der Waals surface area contributed by atoms with Gasteiger partial charge in [0, 0.05) is 12.2 Å². The molecule has 16 heavy (non-hydrogen) atoms. The van der Waals surface area contributed by atoms with Gasteiger partial charge in [-0.1, -0.05) is 18.5 Å². The summed E-state index contributed by atoms with van der Waals surface area (Å²) in [6.45, 7) is 2.13. The average Bonchev–Trinajstić information content (AvgIpc) is 2.28. The molecule has 0 aliphatic heterocycles. The largest absolute Gasteiger partial charge is 0.493 e. The minimum Gasteiger partial charge on any atom is -0.493 e. The fraction of sp³-hybridized carbons (Fsp3) is 0.500. The zero-order valence-corrected chi connectivity index (χ0v) is 10.6. The average molecular weight is 245 g/mol. The summed E-state index contributed by atoms with van der Waals surface area (Å²) in [6, 6.07) is 1.83. The summed E-state index contributed by atoms with van der Waals surface area (Å²) in [4.78, 5) is 0. The number of aliphatic hydroxyl groups excluding tert-OH is 1. The highest BCUT2D eigenvalue weighted by molar-refractivity contribution is 6.32. The Hall–Kier alpha value is -0.930. The first kappa shape index (κ1) is 13.1. The zero-order valence-electron chi connectivity index (χ0n) is 9.84. The minimum absolute atomic E-state index is 0.0960. The van der Waals surface area contributed by atoms with Crippen LogP contribution in [0.3, 0.4) is 0 Å². The van der Waals surface area contributed by atoms with Crippen LogP contribution < -0.4 is 9.47 Å². The van der Waals surface area contributed by atoms with Crippen molar-refractivity contribution in [1.29, 1.82) is 0 Å². The van der Waals surface area contributed by atoms with Gasteiger partial charge in [-0.2, -0.15) is 0 Å². The Labute approximate surface area is 101 Å². The molecule has 0 heterocycles. The predicted molar refractivity (Wildman–Crippen MR) is 64.7 cm³/mol. The first-order valence-electron chi connectivity index (χ1n) is 5.22. The Bertz CT molecular complexity index is 364. The molecule has 4 heteroatoms. The van der Waals surface area contributed by atoms with Gasteiger partial charge in [-0.15, -0.1) is 0 Å². The van der Waals surface area contributed by atoms with Gasteiger partial charge in [0.15, 0.2) is 11.5 Å². The van der Waals surface area contributed by atoms with Gasteiger partial charge < -0.3 is 14.6 Å². The van der Waals surface area contributed by atoms with E-state index in [-0.39, 0.29) is 6.61 Å². The summed E-state index contributed by atoms with van der Waals surface area (Å²) in [7, 11) is 3.16. The van der Waals surface area contributed by atoms with Crippen molar-refractivity contribution in [3.8, 4) is 11.5 Å². The van der Waals surface area contributed by atoms with Crippen LogP contribution in [0.4, 0.5) is 0 Å². The summed E-state index contributed by atoms with van der Waals surface area (Å²) in [5.74, 6) is 1.23. The zero-order chi connectivity index (χ0) is 12.1. The molecule has 90 valence electrons. The summed E-state index contributed by atoms with van der Waals surface area (Å²) in [6.07, 6.45) is 1.38. The first-order chi connectivity index (χ1) is 7.69. The Kier molecular flexibility index (Phi) is 4.90. The van der Waals surface area contributed by atoms with Gasteiger partial charge >= 0.3 is 0 Å². The lowest BCUT2D eigenvalue weighted by molar-refractivity contribution is 0.298. The van der Waals surface area contributed by atoms with Crippen molar-refractivity contribution in [2.75, 3.05) is 20.8 Å². The molecular formula is C12H17ClO3. The van der Waals surface area contributed by atoms with Crippen molar-refractivity contribution < 1.29 is 14.6 Å². The van der Waals surface area contributed by atoms with Crippen LogP contribution in [-0.4, -0.2) is 25.9 Å². The fourth-order valence-electron chi connectivity index (χ4n) is 1.83. The van der Waals surface area contributed by atoms with E-state index in [1.807, 2.05) is 13.0 Å². The third-order valence-corrected chi connectivity index (χ3v) is 2.81. The summed E-state index contributed by atoms with van der Waals surface area (Å²) in [5, 5.41) is 9.52. The molecule has 1 rings (SSSR count). The molecule has 0 bridgehead atoms. The van der Waals surface area contributed by atoms with E-state index < -0.39 is 0 Å². The predicted octanol–water partition coefficient (Wildman–Crippen LogP) is 2.45. The van der Waals surface area contributed by atoms with Crippen LogP contribution in [0.5, 0.6) is 11.5 Å². The van der Waals surface area contributed by atoms with E-state index in [2.05, 4.69) is 0 Å². The normalized spacial score (nSPS) is 10.3. The van der Waals surface area contributed by atoms with Crippen molar-refractivity contribution in [2.24, 2.45) is 0 Å². The highest BCUT2D eigenvalue weighted by Crippen LogP contribution is 2.40. The van der Waals surface area contributed by atoms with E-state index in [9.17, 15) is 0 Å². The van der Waals surface area contributed by atoms with Crippen LogP contribution in [0.1, 0.15) is 18.1 Å². The van der Waals surface area contributed by atoms with Crippen LogP contribution >= 0.6 is 11.6 Å². The van der Waals surface area contributed by atoms with Gasteiger partial charge in [0.25, 0.3) is 0 Å². The molecule has 0 saturated carbocycles. The van der Waals surface area contributed by atoms with Crippen LogP contribution in [0, 0.1) is 0 Å². The second-order valence-electron chi connectivity index (χ2n) is 3.39. The van der Waals surface area contributed by atoms with Crippen LogP contribution in [-0.2, 0) is 12.8 Å². The van der Waals surface area contributed by atoms with E-state index in [1.54, 1.807) is 14.2 Å². The van der Waals surface area contributed by atoms with Gasteiger partial charge in [0.1, 0.15) is 0 Å². The monoisotopic (exact) mass is 244 g/mol. The number of hydrogen-bond acceptors (Lipinski definition) is 3. The maximum atomic E-state index is 9.01. The second kappa shape index (κ2) is 5.97. The lowest BCUT2D eigenvalue weighted by atomic mass is 10.0. The molecule has 0 unspecified atom stereocenters. The van der Waals surface area contributed by atoms with Crippen molar-refractivity contribution in [3.05, 3.63) is 22.2 Å². The standard InChI is InChI=1S/C12H17ClO3/c1-4-9-8(5-6-14)7-10(13)12(16-3)11(9)15-2/h7,14H,4-6H2,1-3H3. The molecule has 1 N–H and O–H groups in total. The molecule has 0 aliphatic rings. The Morgan fingerprint density at radius 3 is 2.31 bits per heavy atom. The van der Waals surface area contributed by atoms with Crippen LogP contribution in [0.2, 0.25) is 5.02 Å². The molecule has 0 atom stereocenters. The third-order valence-electron chi connectivity index (χ3n) is 2.53. The minimum atomic E-state index is 0.0960. The van der Waals surface area contributed by atoms with Crippen LogP contribution in [0.25, 0.3) is 0 Å². The molecule has 1 aromatic carbocycles. The van der Waals surface area contributed by atoms with E-state index >= 15 is 0 Å². The van der Waals surface area contributed by atoms with E-state index in [0.29, 0.717) is 22.9 Å². The Balaban J connectivity index is 3.37. The highest BCUT2D eigenvalue weighted by atomic mass is 35.5. The third kappa shape index (κ3) is 2.42. The van der Waals surface area contributed by atoms with Crippen molar-refractivity contribution in [3.63, 3.8) is 0 Å². The topological polar surface area (TPSA) is 38.7 Å². The van der Waals surface area contributed by atoms with E-state index in [0.717, 1.165) is 17.5 Å².